The highest BCUT2D eigenvalue weighted by Crippen LogP contribution is 2.24. The van der Waals surface area contributed by atoms with Crippen LogP contribution in [0.25, 0.3) is 10.9 Å². The third-order valence-electron chi connectivity index (χ3n) is 2.21. The summed E-state index contributed by atoms with van der Waals surface area (Å²) in [5.74, 6) is 0.0399. The van der Waals surface area contributed by atoms with Crippen LogP contribution >= 0.6 is 0 Å². The van der Waals surface area contributed by atoms with E-state index in [2.05, 4.69) is 9.97 Å². The molecular formula is C11H10F3N3O. The summed E-state index contributed by atoms with van der Waals surface area (Å²) in [5.41, 5.74) is 5.99. The average molecular weight is 257 g/mol. The Kier molecular flexibility index (Phi) is 3.22. The maximum absolute atomic E-state index is 12.0. The molecule has 0 saturated carbocycles. The summed E-state index contributed by atoms with van der Waals surface area (Å²) in [5, 5.41) is 0.536. The lowest BCUT2D eigenvalue weighted by atomic mass is 10.2. The molecule has 0 aliphatic rings. The maximum atomic E-state index is 12.0. The van der Waals surface area contributed by atoms with E-state index in [0.29, 0.717) is 10.9 Å². The SMILES string of the molecule is Nc1nc(OCCC(F)(F)F)c2ccccc2n1. The average Bonchev–Trinajstić information content (AvgIpc) is 2.27. The standard InChI is InChI=1S/C11H10F3N3O/c12-11(13,14)5-6-18-9-7-3-1-2-4-8(7)16-10(15)17-9/h1-4H,5-6H2,(H2,15,16,17). The number of nitrogen functional groups attached to an aromatic ring is 1. The molecule has 96 valence electrons. The molecule has 0 aliphatic carbocycles. The summed E-state index contributed by atoms with van der Waals surface area (Å²) >= 11 is 0. The summed E-state index contributed by atoms with van der Waals surface area (Å²) in [4.78, 5) is 7.76. The topological polar surface area (TPSA) is 61.0 Å². The fourth-order valence-corrected chi connectivity index (χ4v) is 1.44. The third kappa shape index (κ3) is 2.99. The van der Waals surface area contributed by atoms with Crippen LogP contribution < -0.4 is 10.5 Å². The molecule has 0 amide bonds. The molecule has 0 unspecified atom stereocenters. The van der Waals surface area contributed by atoms with E-state index in [1.807, 2.05) is 0 Å². The van der Waals surface area contributed by atoms with Gasteiger partial charge in [-0.25, -0.2) is 4.98 Å². The van der Waals surface area contributed by atoms with Crippen LogP contribution in [0, 0.1) is 0 Å². The number of hydrogen-bond donors (Lipinski definition) is 1. The van der Waals surface area contributed by atoms with Crippen molar-refractivity contribution in [1.29, 1.82) is 0 Å². The van der Waals surface area contributed by atoms with Gasteiger partial charge in [0.25, 0.3) is 0 Å². The molecule has 2 rings (SSSR count). The van der Waals surface area contributed by atoms with Crippen LogP contribution in [-0.2, 0) is 0 Å². The van der Waals surface area contributed by atoms with E-state index in [-0.39, 0.29) is 11.8 Å². The predicted octanol–water partition coefficient (Wildman–Crippen LogP) is 2.54. The van der Waals surface area contributed by atoms with Crippen molar-refractivity contribution in [2.45, 2.75) is 12.6 Å². The van der Waals surface area contributed by atoms with Crippen LogP contribution in [0.5, 0.6) is 5.88 Å². The molecule has 1 heterocycles. The van der Waals surface area contributed by atoms with E-state index in [9.17, 15) is 13.2 Å². The second kappa shape index (κ2) is 4.67. The van der Waals surface area contributed by atoms with Gasteiger partial charge in [0, 0.05) is 0 Å². The van der Waals surface area contributed by atoms with E-state index in [1.165, 1.54) is 0 Å². The first-order valence-corrected chi connectivity index (χ1v) is 5.17. The van der Waals surface area contributed by atoms with Crippen molar-refractivity contribution in [3.63, 3.8) is 0 Å². The van der Waals surface area contributed by atoms with Gasteiger partial charge in [0.05, 0.1) is 23.9 Å². The van der Waals surface area contributed by atoms with Crippen molar-refractivity contribution in [3.05, 3.63) is 24.3 Å². The number of benzene rings is 1. The number of alkyl halides is 3. The molecule has 2 N–H and O–H groups in total. The molecule has 0 radical (unpaired) electrons. The fourth-order valence-electron chi connectivity index (χ4n) is 1.44. The second-order valence-corrected chi connectivity index (χ2v) is 3.62. The zero-order valence-electron chi connectivity index (χ0n) is 9.24. The Labute approximate surface area is 101 Å². The van der Waals surface area contributed by atoms with Crippen LogP contribution in [-0.4, -0.2) is 22.8 Å². The van der Waals surface area contributed by atoms with Gasteiger partial charge in [0.2, 0.25) is 11.8 Å². The molecule has 0 spiro atoms. The Balaban J connectivity index is 2.22. The summed E-state index contributed by atoms with van der Waals surface area (Å²) in [6.07, 6.45) is -5.29. The van der Waals surface area contributed by atoms with Gasteiger partial charge < -0.3 is 10.5 Å². The Hall–Kier alpha value is -2.05. The zero-order chi connectivity index (χ0) is 13.2. The number of para-hydroxylation sites is 1. The van der Waals surface area contributed by atoms with Crippen LogP contribution in [0.4, 0.5) is 19.1 Å². The van der Waals surface area contributed by atoms with Crippen molar-refractivity contribution >= 4 is 16.9 Å². The number of ether oxygens (including phenoxy) is 1. The highest BCUT2D eigenvalue weighted by Gasteiger charge is 2.27. The van der Waals surface area contributed by atoms with E-state index < -0.39 is 19.2 Å². The number of halogens is 3. The number of nitrogens with two attached hydrogens (primary N) is 1. The van der Waals surface area contributed by atoms with Gasteiger partial charge >= 0.3 is 6.18 Å². The third-order valence-corrected chi connectivity index (χ3v) is 2.21. The first kappa shape index (κ1) is 12.4. The lowest BCUT2D eigenvalue weighted by molar-refractivity contribution is -0.139. The van der Waals surface area contributed by atoms with E-state index >= 15 is 0 Å². The number of anilines is 1. The molecule has 0 aliphatic heterocycles. The molecule has 1 aromatic heterocycles. The first-order chi connectivity index (χ1) is 8.46. The van der Waals surface area contributed by atoms with Gasteiger partial charge in [-0.15, -0.1) is 0 Å². The van der Waals surface area contributed by atoms with Crippen molar-refractivity contribution < 1.29 is 17.9 Å². The quantitative estimate of drug-likeness (QED) is 0.917. The normalized spacial score (nSPS) is 11.7. The van der Waals surface area contributed by atoms with Crippen molar-refractivity contribution in [3.8, 4) is 5.88 Å². The highest BCUT2D eigenvalue weighted by atomic mass is 19.4. The van der Waals surface area contributed by atoms with Crippen molar-refractivity contribution in [1.82, 2.24) is 9.97 Å². The summed E-state index contributed by atoms with van der Waals surface area (Å²) in [6.45, 7) is -0.496. The molecule has 4 nitrogen and oxygen atoms in total. The monoisotopic (exact) mass is 257 g/mol. The van der Waals surface area contributed by atoms with Crippen LogP contribution in [0.2, 0.25) is 0 Å². The van der Waals surface area contributed by atoms with Crippen LogP contribution in [0.3, 0.4) is 0 Å². The minimum Gasteiger partial charge on any atom is -0.477 e. The van der Waals surface area contributed by atoms with Gasteiger partial charge in [0.15, 0.2) is 0 Å². The molecule has 1 aromatic carbocycles. The number of hydrogen-bond acceptors (Lipinski definition) is 4. The second-order valence-electron chi connectivity index (χ2n) is 3.62. The van der Waals surface area contributed by atoms with Crippen molar-refractivity contribution in [2.24, 2.45) is 0 Å². The molecule has 18 heavy (non-hydrogen) atoms. The minimum absolute atomic E-state index is 0.0318. The number of aromatic nitrogens is 2. The van der Waals surface area contributed by atoms with Gasteiger partial charge in [-0.1, -0.05) is 12.1 Å². The van der Waals surface area contributed by atoms with Gasteiger partial charge in [0.1, 0.15) is 0 Å². The molecule has 2 aromatic rings. The van der Waals surface area contributed by atoms with E-state index in [4.69, 9.17) is 10.5 Å². The molecule has 0 bridgehead atoms. The minimum atomic E-state index is -4.26. The highest BCUT2D eigenvalue weighted by molar-refractivity contribution is 5.84. The fraction of sp³-hybridized carbons (Fsp3) is 0.273. The number of rotatable bonds is 3. The van der Waals surface area contributed by atoms with Crippen LogP contribution in [0.1, 0.15) is 6.42 Å². The van der Waals surface area contributed by atoms with E-state index in [0.717, 1.165) is 0 Å². The summed E-state index contributed by atoms with van der Waals surface area (Å²) < 4.78 is 41.1. The van der Waals surface area contributed by atoms with Gasteiger partial charge in [-0.3, -0.25) is 0 Å². The summed E-state index contributed by atoms with van der Waals surface area (Å²) in [6, 6.07) is 6.81. The van der Waals surface area contributed by atoms with Gasteiger partial charge in [-0.05, 0) is 12.1 Å². The number of fused-ring (bicyclic) bond motifs is 1. The first-order valence-electron chi connectivity index (χ1n) is 5.17. The largest absolute Gasteiger partial charge is 0.477 e. The lowest BCUT2D eigenvalue weighted by Crippen LogP contribution is -2.14. The zero-order valence-corrected chi connectivity index (χ0v) is 9.24. The predicted molar refractivity (Wildman–Crippen MR) is 60.1 cm³/mol. The Morgan fingerprint density at radius 3 is 2.61 bits per heavy atom. The Morgan fingerprint density at radius 1 is 1.17 bits per heavy atom. The molecule has 0 atom stereocenters. The maximum Gasteiger partial charge on any atom is 0.392 e. The molecule has 0 fully saturated rings. The molecule has 0 saturated heterocycles. The van der Waals surface area contributed by atoms with Crippen molar-refractivity contribution in [2.75, 3.05) is 12.3 Å². The Bertz CT molecular complexity index is 557. The van der Waals surface area contributed by atoms with Gasteiger partial charge in [-0.2, -0.15) is 18.2 Å². The molecular weight excluding hydrogens is 247 g/mol. The lowest BCUT2D eigenvalue weighted by Gasteiger charge is -2.10. The molecule has 7 heteroatoms. The Morgan fingerprint density at radius 2 is 1.89 bits per heavy atom. The van der Waals surface area contributed by atoms with E-state index in [1.54, 1.807) is 24.3 Å². The van der Waals surface area contributed by atoms with Crippen LogP contribution in [0.15, 0.2) is 24.3 Å². The number of nitrogens with zero attached hydrogens (tertiary/aromatic N) is 2. The smallest absolute Gasteiger partial charge is 0.392 e. The summed E-state index contributed by atoms with van der Waals surface area (Å²) in [7, 11) is 0.